The molecule has 2 aliphatic heterocycles. The van der Waals surface area contributed by atoms with Gasteiger partial charge in [-0.3, -0.25) is 4.79 Å². The Hall–Kier alpha value is -1.01. The quantitative estimate of drug-likeness (QED) is 0.138. The predicted octanol–water partition coefficient (Wildman–Crippen LogP) is -1.71. The molecule has 2 bridgehead atoms. The van der Waals surface area contributed by atoms with Gasteiger partial charge >= 0.3 is 5.97 Å². The molecule has 46 heavy (non-hydrogen) atoms. The number of fused-ring (bicyclic) bond motifs is 3. The van der Waals surface area contributed by atoms with Gasteiger partial charge in [0.25, 0.3) is 0 Å². The minimum atomic E-state index is -1.68. The molecule has 1 spiro atoms. The second-order valence-corrected chi connectivity index (χ2v) is 15.6. The van der Waals surface area contributed by atoms with E-state index in [0.29, 0.717) is 19.3 Å². The minimum Gasteiger partial charge on any atom is -0.432 e. The Morgan fingerprint density at radius 3 is 1.96 bits per heavy atom. The van der Waals surface area contributed by atoms with Crippen molar-refractivity contribution in [1.82, 2.24) is 0 Å². The van der Waals surface area contributed by atoms with Gasteiger partial charge in [-0.15, -0.1) is 0 Å². The maximum absolute atomic E-state index is 14.0. The molecule has 4 saturated carbocycles. The molecule has 6 aliphatic rings. The van der Waals surface area contributed by atoms with Gasteiger partial charge in [0.1, 0.15) is 48.8 Å². The highest BCUT2D eigenvalue weighted by atomic mass is 16.7. The van der Waals surface area contributed by atoms with E-state index in [1.807, 2.05) is 6.92 Å². The smallest absolute Gasteiger partial charge is 0.314 e. The van der Waals surface area contributed by atoms with E-state index in [9.17, 15) is 50.8 Å². The van der Waals surface area contributed by atoms with E-state index in [1.54, 1.807) is 0 Å². The fourth-order valence-electron chi connectivity index (χ4n) is 11.0. The summed E-state index contributed by atoms with van der Waals surface area (Å²) < 4.78 is 23.3. The van der Waals surface area contributed by atoms with Crippen molar-refractivity contribution in [3.8, 4) is 0 Å². The third-order valence-corrected chi connectivity index (χ3v) is 13.3. The highest BCUT2D eigenvalue weighted by molar-refractivity contribution is 5.77. The van der Waals surface area contributed by atoms with E-state index in [4.69, 9.17) is 18.9 Å². The summed E-state index contributed by atoms with van der Waals surface area (Å²) in [6, 6.07) is 0. The first-order valence-corrected chi connectivity index (χ1v) is 16.8. The zero-order chi connectivity index (χ0) is 33.4. The number of ether oxygens (including phenoxy) is 4. The molecular formula is C32H52O14. The van der Waals surface area contributed by atoms with E-state index in [2.05, 4.69) is 6.92 Å². The van der Waals surface area contributed by atoms with Crippen molar-refractivity contribution in [3.63, 3.8) is 0 Å². The molecule has 14 nitrogen and oxygen atoms in total. The number of carbonyl (C=O) groups excluding carboxylic acids is 1. The Labute approximate surface area is 268 Å². The van der Waals surface area contributed by atoms with E-state index in [0.717, 1.165) is 38.5 Å². The van der Waals surface area contributed by atoms with Gasteiger partial charge < -0.3 is 64.9 Å². The Morgan fingerprint density at radius 1 is 0.739 bits per heavy atom. The summed E-state index contributed by atoms with van der Waals surface area (Å²) in [4.78, 5) is 14.0. The summed E-state index contributed by atoms with van der Waals surface area (Å²) in [6.45, 7) is 2.59. The van der Waals surface area contributed by atoms with Crippen LogP contribution in [0.2, 0.25) is 0 Å². The van der Waals surface area contributed by atoms with Gasteiger partial charge in [0.2, 0.25) is 6.29 Å². The average Bonchev–Trinajstić information content (AvgIpc) is 3.26. The van der Waals surface area contributed by atoms with Crippen LogP contribution >= 0.6 is 0 Å². The molecule has 0 aromatic carbocycles. The lowest BCUT2D eigenvalue weighted by Crippen LogP contribution is -2.62. The zero-order valence-corrected chi connectivity index (χ0v) is 26.6. The average molecular weight is 661 g/mol. The zero-order valence-electron chi connectivity index (χ0n) is 26.6. The van der Waals surface area contributed by atoms with E-state index < -0.39 is 91.6 Å². The highest BCUT2D eigenvalue weighted by Crippen LogP contribution is 2.73. The normalized spacial score (nSPS) is 55.3. The van der Waals surface area contributed by atoms with Crippen molar-refractivity contribution in [1.29, 1.82) is 0 Å². The Bertz CT molecular complexity index is 1120. The number of aliphatic hydroxyl groups is 9. The van der Waals surface area contributed by atoms with Crippen LogP contribution in [-0.4, -0.2) is 139 Å². The van der Waals surface area contributed by atoms with Crippen LogP contribution in [0, 0.1) is 34.0 Å². The van der Waals surface area contributed by atoms with Crippen molar-refractivity contribution in [2.45, 2.75) is 139 Å². The van der Waals surface area contributed by atoms with E-state index in [1.165, 1.54) is 0 Å². The number of esters is 1. The molecule has 6 rings (SSSR count). The van der Waals surface area contributed by atoms with Gasteiger partial charge in [0, 0.05) is 0 Å². The fourth-order valence-corrected chi connectivity index (χ4v) is 11.0. The molecule has 14 heteroatoms. The third-order valence-electron chi connectivity index (χ3n) is 13.3. The van der Waals surface area contributed by atoms with Crippen LogP contribution in [0.5, 0.6) is 0 Å². The molecule has 0 amide bonds. The SMILES string of the molecule is C[C@@]1(C(=O)O[C@@H]2OC(CO)C(O)C(O)C2O)CCC[C@@]2(C)C3CCC4CC3(CC[C@H]12)CC4(CO)O[C@@H]1OC(CO)C(O)C(O)C1O. The molecule has 0 radical (unpaired) electrons. The highest BCUT2D eigenvalue weighted by Gasteiger charge is 2.70. The van der Waals surface area contributed by atoms with Crippen LogP contribution in [0.4, 0.5) is 0 Å². The predicted molar refractivity (Wildman–Crippen MR) is 155 cm³/mol. The van der Waals surface area contributed by atoms with Crippen molar-refractivity contribution in [2.24, 2.45) is 34.0 Å². The lowest BCUT2D eigenvalue weighted by atomic mass is 9.41. The van der Waals surface area contributed by atoms with Crippen LogP contribution in [0.25, 0.3) is 0 Å². The maximum atomic E-state index is 14.0. The second-order valence-electron chi connectivity index (χ2n) is 15.6. The topological polar surface area (TPSA) is 236 Å². The van der Waals surface area contributed by atoms with Crippen LogP contribution < -0.4 is 0 Å². The van der Waals surface area contributed by atoms with Crippen molar-refractivity contribution >= 4 is 5.97 Å². The van der Waals surface area contributed by atoms with E-state index >= 15 is 0 Å². The van der Waals surface area contributed by atoms with Crippen molar-refractivity contribution < 1.29 is 69.7 Å². The summed E-state index contributed by atoms with van der Waals surface area (Å²) in [6.07, 6.45) is -8.26. The largest absolute Gasteiger partial charge is 0.432 e. The van der Waals surface area contributed by atoms with Crippen LogP contribution in [-0.2, 0) is 23.7 Å². The summed E-state index contributed by atoms with van der Waals surface area (Å²) in [5, 5.41) is 92.4. The first-order valence-electron chi connectivity index (χ1n) is 16.8. The summed E-state index contributed by atoms with van der Waals surface area (Å²) >= 11 is 0. The summed E-state index contributed by atoms with van der Waals surface area (Å²) in [7, 11) is 0. The Balaban J connectivity index is 1.22. The third kappa shape index (κ3) is 5.18. The molecule has 0 aromatic rings. The molecule has 17 atom stereocenters. The van der Waals surface area contributed by atoms with E-state index in [-0.39, 0.29) is 35.2 Å². The van der Waals surface area contributed by atoms with Crippen molar-refractivity contribution in [3.05, 3.63) is 0 Å². The van der Waals surface area contributed by atoms with Gasteiger partial charge in [-0.1, -0.05) is 13.3 Å². The van der Waals surface area contributed by atoms with Crippen LogP contribution in [0.15, 0.2) is 0 Å². The first kappa shape index (κ1) is 34.8. The lowest BCUT2D eigenvalue weighted by molar-refractivity contribution is -0.335. The molecule has 0 aromatic heterocycles. The maximum Gasteiger partial charge on any atom is 0.314 e. The molecule has 264 valence electrons. The lowest BCUT2D eigenvalue weighted by Gasteiger charge is -2.63. The van der Waals surface area contributed by atoms with Crippen LogP contribution in [0.1, 0.15) is 71.6 Å². The van der Waals surface area contributed by atoms with Crippen LogP contribution in [0.3, 0.4) is 0 Å². The molecule has 2 heterocycles. The number of hydrogen-bond donors (Lipinski definition) is 9. The van der Waals surface area contributed by atoms with Gasteiger partial charge in [-0.05, 0) is 86.9 Å². The number of carbonyl (C=O) groups is 1. The van der Waals surface area contributed by atoms with Gasteiger partial charge in [-0.2, -0.15) is 0 Å². The summed E-state index contributed by atoms with van der Waals surface area (Å²) in [5.41, 5.74) is -2.49. The number of aliphatic hydroxyl groups excluding tert-OH is 9. The first-order chi connectivity index (χ1) is 21.7. The minimum absolute atomic E-state index is 0.0487. The molecule has 2 saturated heterocycles. The van der Waals surface area contributed by atoms with Gasteiger partial charge in [-0.25, -0.2) is 0 Å². The number of rotatable bonds is 7. The number of hydrogen-bond acceptors (Lipinski definition) is 14. The monoisotopic (exact) mass is 660 g/mol. The van der Waals surface area contributed by atoms with Gasteiger partial charge in [0.05, 0.1) is 30.8 Å². The summed E-state index contributed by atoms with van der Waals surface area (Å²) in [5.74, 6) is -0.498. The van der Waals surface area contributed by atoms with Crippen molar-refractivity contribution in [2.75, 3.05) is 19.8 Å². The fraction of sp³-hybridized carbons (Fsp3) is 0.969. The molecule has 4 aliphatic carbocycles. The molecule has 9 N–H and O–H groups in total. The molecular weight excluding hydrogens is 608 g/mol. The second kappa shape index (κ2) is 12.4. The molecule has 12 unspecified atom stereocenters. The Morgan fingerprint density at radius 2 is 1.35 bits per heavy atom. The van der Waals surface area contributed by atoms with Gasteiger partial charge in [0.15, 0.2) is 6.29 Å². The Kier molecular flexibility index (Phi) is 9.39. The molecule has 6 fully saturated rings. The standard InChI is InChI=1S/C32H52O14/c1-29-7-3-8-30(2,28(42)45-26-24(40)22(38)20(36)16(11-33)43-26)18(29)6-9-31-10-15(4-5-19(29)31)32(13-31,14-35)46-27-25(41)23(39)21(37)17(12-34)44-27/h15-27,33-41H,3-14H2,1-2H3/t15?,16?,17?,18-,19?,20?,21?,22?,23?,24?,25?,26-,27-,29+,30+,31?,32?/m0/s1.